The summed E-state index contributed by atoms with van der Waals surface area (Å²) < 4.78 is 0. The van der Waals surface area contributed by atoms with Crippen LogP contribution in [-0.2, 0) is 6.42 Å². The highest BCUT2D eigenvalue weighted by Crippen LogP contribution is 2.26. The monoisotopic (exact) mass is 222 g/mol. The molecule has 0 saturated heterocycles. The van der Waals surface area contributed by atoms with Crippen molar-refractivity contribution < 1.29 is 0 Å². The first kappa shape index (κ1) is 10.5. The molecule has 0 saturated carbocycles. The highest BCUT2D eigenvalue weighted by atomic mass is 35.5. The van der Waals surface area contributed by atoms with Crippen molar-refractivity contribution in [3.05, 3.63) is 35.0 Å². The first-order valence-corrected chi connectivity index (χ1v) is 5.65. The summed E-state index contributed by atoms with van der Waals surface area (Å²) in [6.07, 6.45) is 5.11. The molecule has 0 bridgehead atoms. The molecule has 0 amide bonds. The van der Waals surface area contributed by atoms with Crippen molar-refractivity contribution in [3.8, 4) is 0 Å². The van der Waals surface area contributed by atoms with E-state index in [-0.39, 0.29) is 0 Å². The number of nitrogens with one attached hydrogen (secondary N) is 1. The third kappa shape index (κ3) is 2.16. The van der Waals surface area contributed by atoms with Gasteiger partial charge in [-0.25, -0.2) is 0 Å². The minimum Gasteiger partial charge on any atom is -0.360 e. The van der Waals surface area contributed by atoms with Crippen molar-refractivity contribution in [2.75, 3.05) is 6.54 Å². The lowest BCUT2D eigenvalue weighted by molar-refractivity contribution is 0.747. The average molecular weight is 223 g/mol. The first-order chi connectivity index (χ1) is 7.33. The maximum atomic E-state index is 6.05. The Bertz CT molecular complexity index is 448. The van der Waals surface area contributed by atoms with E-state index in [0.717, 1.165) is 36.2 Å². The van der Waals surface area contributed by atoms with Gasteiger partial charge in [0, 0.05) is 11.6 Å². The van der Waals surface area contributed by atoms with E-state index in [1.807, 2.05) is 12.3 Å². The van der Waals surface area contributed by atoms with Crippen LogP contribution in [0.4, 0.5) is 0 Å². The van der Waals surface area contributed by atoms with Crippen LogP contribution in [0, 0.1) is 0 Å². The summed E-state index contributed by atoms with van der Waals surface area (Å²) in [5, 5.41) is 1.91. The summed E-state index contributed by atoms with van der Waals surface area (Å²) in [7, 11) is 0. The number of hydrogen-bond acceptors (Lipinski definition) is 1. The van der Waals surface area contributed by atoms with Gasteiger partial charge in [-0.1, -0.05) is 29.8 Å². The number of rotatable bonds is 4. The minimum atomic E-state index is 0.765. The normalized spacial score (nSPS) is 11.1. The van der Waals surface area contributed by atoms with Crippen molar-refractivity contribution >= 4 is 22.5 Å². The molecule has 0 aliphatic heterocycles. The molecule has 0 unspecified atom stereocenters. The molecule has 0 fully saturated rings. The van der Waals surface area contributed by atoms with Gasteiger partial charge in [0.25, 0.3) is 0 Å². The van der Waals surface area contributed by atoms with Crippen LogP contribution < -0.4 is 5.73 Å². The van der Waals surface area contributed by atoms with Gasteiger partial charge >= 0.3 is 0 Å². The largest absolute Gasteiger partial charge is 0.360 e. The fourth-order valence-corrected chi connectivity index (χ4v) is 2.06. The minimum absolute atomic E-state index is 0.765. The molecule has 15 heavy (non-hydrogen) atoms. The molecule has 2 nitrogen and oxygen atoms in total. The Labute approximate surface area is 94.4 Å². The van der Waals surface area contributed by atoms with E-state index in [2.05, 4.69) is 17.1 Å². The zero-order chi connectivity index (χ0) is 10.7. The van der Waals surface area contributed by atoms with E-state index in [1.54, 1.807) is 0 Å². The SMILES string of the molecule is NCCCCc1cccc2c(Cl)c[nH]c12. The number of para-hydroxylation sites is 1. The standard InChI is InChI=1S/C12H15ClN2/c13-11-8-15-12-9(4-1-2-7-14)5-3-6-10(11)12/h3,5-6,8,15H,1-2,4,7,14H2. The maximum Gasteiger partial charge on any atom is 0.0659 e. The molecule has 0 atom stereocenters. The number of H-pyrrole nitrogens is 1. The van der Waals surface area contributed by atoms with Gasteiger partial charge < -0.3 is 10.7 Å². The quantitative estimate of drug-likeness (QED) is 0.767. The highest BCUT2D eigenvalue weighted by Gasteiger charge is 2.04. The molecule has 1 aromatic heterocycles. The number of nitrogens with two attached hydrogens (primary N) is 1. The second-order valence-electron chi connectivity index (χ2n) is 3.72. The smallest absolute Gasteiger partial charge is 0.0659 e. The van der Waals surface area contributed by atoms with Gasteiger partial charge in [0.15, 0.2) is 0 Å². The number of unbranched alkanes of at least 4 members (excludes halogenated alkanes) is 1. The molecule has 3 heteroatoms. The van der Waals surface area contributed by atoms with E-state index in [1.165, 1.54) is 11.1 Å². The molecule has 80 valence electrons. The summed E-state index contributed by atoms with van der Waals surface area (Å²) in [5.41, 5.74) is 7.97. The predicted molar refractivity (Wildman–Crippen MR) is 65.3 cm³/mol. The van der Waals surface area contributed by atoms with Gasteiger partial charge in [-0.2, -0.15) is 0 Å². The van der Waals surface area contributed by atoms with E-state index < -0.39 is 0 Å². The number of aromatic nitrogens is 1. The zero-order valence-electron chi connectivity index (χ0n) is 8.59. The summed E-state index contributed by atoms with van der Waals surface area (Å²) in [6, 6.07) is 6.24. The zero-order valence-corrected chi connectivity index (χ0v) is 9.35. The molecule has 0 aliphatic rings. The van der Waals surface area contributed by atoms with Crippen LogP contribution in [0.3, 0.4) is 0 Å². The Kier molecular flexibility index (Phi) is 3.29. The van der Waals surface area contributed by atoms with Gasteiger partial charge in [-0.05, 0) is 31.4 Å². The third-order valence-corrected chi connectivity index (χ3v) is 2.96. The Balaban J connectivity index is 2.26. The molecule has 1 heterocycles. The van der Waals surface area contributed by atoms with Crippen LogP contribution >= 0.6 is 11.6 Å². The first-order valence-electron chi connectivity index (χ1n) is 5.27. The van der Waals surface area contributed by atoms with Crippen LogP contribution in [0.25, 0.3) is 10.9 Å². The molecule has 0 aliphatic carbocycles. The lowest BCUT2D eigenvalue weighted by Crippen LogP contribution is -1.99. The average Bonchev–Trinajstić information content (AvgIpc) is 2.62. The Morgan fingerprint density at radius 3 is 2.93 bits per heavy atom. The Morgan fingerprint density at radius 2 is 2.13 bits per heavy atom. The second kappa shape index (κ2) is 4.69. The molecular weight excluding hydrogens is 208 g/mol. The van der Waals surface area contributed by atoms with Crippen LogP contribution in [0.5, 0.6) is 0 Å². The Morgan fingerprint density at radius 1 is 1.27 bits per heavy atom. The van der Waals surface area contributed by atoms with Gasteiger partial charge in [-0.3, -0.25) is 0 Å². The number of benzene rings is 1. The summed E-state index contributed by atoms with van der Waals surface area (Å²) >= 11 is 6.05. The third-order valence-electron chi connectivity index (χ3n) is 2.65. The van der Waals surface area contributed by atoms with Crippen molar-refractivity contribution in [2.45, 2.75) is 19.3 Å². The molecule has 2 aromatic rings. The van der Waals surface area contributed by atoms with E-state index in [0.29, 0.717) is 0 Å². The van der Waals surface area contributed by atoms with Gasteiger partial charge in [-0.15, -0.1) is 0 Å². The fraction of sp³-hybridized carbons (Fsp3) is 0.333. The number of aromatic amines is 1. The van der Waals surface area contributed by atoms with Crippen molar-refractivity contribution in [3.63, 3.8) is 0 Å². The van der Waals surface area contributed by atoms with E-state index in [9.17, 15) is 0 Å². The van der Waals surface area contributed by atoms with Crippen molar-refractivity contribution in [1.29, 1.82) is 0 Å². The summed E-state index contributed by atoms with van der Waals surface area (Å²) in [4.78, 5) is 3.22. The molecule has 3 N–H and O–H groups in total. The number of aryl methyl sites for hydroxylation is 1. The van der Waals surface area contributed by atoms with E-state index >= 15 is 0 Å². The molecule has 0 spiro atoms. The van der Waals surface area contributed by atoms with Crippen LogP contribution in [0.1, 0.15) is 18.4 Å². The maximum absolute atomic E-state index is 6.05. The van der Waals surface area contributed by atoms with Crippen LogP contribution in [-0.4, -0.2) is 11.5 Å². The fourth-order valence-electron chi connectivity index (χ4n) is 1.85. The lowest BCUT2D eigenvalue weighted by atomic mass is 10.1. The molecule has 2 rings (SSSR count). The van der Waals surface area contributed by atoms with Crippen LogP contribution in [0.15, 0.2) is 24.4 Å². The topological polar surface area (TPSA) is 41.8 Å². The van der Waals surface area contributed by atoms with E-state index in [4.69, 9.17) is 17.3 Å². The Hall–Kier alpha value is -0.990. The number of halogens is 1. The van der Waals surface area contributed by atoms with Crippen LogP contribution in [0.2, 0.25) is 5.02 Å². The molecular formula is C12H15ClN2. The summed E-state index contributed by atoms with van der Waals surface area (Å²) in [5.74, 6) is 0. The van der Waals surface area contributed by atoms with Crippen molar-refractivity contribution in [2.24, 2.45) is 5.73 Å². The second-order valence-corrected chi connectivity index (χ2v) is 4.13. The van der Waals surface area contributed by atoms with Gasteiger partial charge in [0.05, 0.1) is 10.5 Å². The highest BCUT2D eigenvalue weighted by molar-refractivity contribution is 6.35. The number of hydrogen-bond donors (Lipinski definition) is 2. The molecule has 1 aromatic carbocycles. The predicted octanol–water partition coefficient (Wildman–Crippen LogP) is 3.10. The van der Waals surface area contributed by atoms with Crippen molar-refractivity contribution in [1.82, 2.24) is 4.98 Å². The van der Waals surface area contributed by atoms with Gasteiger partial charge in [0.2, 0.25) is 0 Å². The molecule has 0 radical (unpaired) electrons. The lowest BCUT2D eigenvalue weighted by Gasteiger charge is -2.02. The summed E-state index contributed by atoms with van der Waals surface area (Å²) in [6.45, 7) is 0.765. The van der Waals surface area contributed by atoms with Gasteiger partial charge in [0.1, 0.15) is 0 Å². The number of fused-ring (bicyclic) bond motifs is 1.